The van der Waals surface area contributed by atoms with E-state index >= 15 is 0 Å². The van der Waals surface area contributed by atoms with Crippen molar-refractivity contribution >= 4 is 0 Å². The van der Waals surface area contributed by atoms with Crippen LogP contribution in [0.3, 0.4) is 0 Å². The number of hydrogen-bond donors (Lipinski definition) is 1. The fourth-order valence-corrected chi connectivity index (χ4v) is 3.00. The first-order valence-corrected chi connectivity index (χ1v) is 7.72. The van der Waals surface area contributed by atoms with Gasteiger partial charge in [0.1, 0.15) is 0 Å². The van der Waals surface area contributed by atoms with E-state index in [0.29, 0.717) is 17.4 Å². The maximum atomic E-state index is 5.71. The number of benzene rings is 1. The lowest BCUT2D eigenvalue weighted by Gasteiger charge is -2.41. The van der Waals surface area contributed by atoms with Gasteiger partial charge in [-0.15, -0.1) is 0 Å². The van der Waals surface area contributed by atoms with Gasteiger partial charge in [-0.1, -0.05) is 29.4 Å². The second-order valence-electron chi connectivity index (χ2n) is 5.99. The Bertz CT molecular complexity index is 810. The Kier molecular flexibility index (Phi) is 3.27. The number of methoxy groups -OCH3 is 1. The molecule has 4 rings (SSSR count). The van der Waals surface area contributed by atoms with E-state index in [1.165, 1.54) is 12.0 Å². The van der Waals surface area contributed by atoms with Crippen LogP contribution in [0.25, 0.3) is 23.0 Å². The summed E-state index contributed by atoms with van der Waals surface area (Å²) in [7, 11) is 1.78. The third-order valence-electron chi connectivity index (χ3n) is 4.57. The van der Waals surface area contributed by atoms with Crippen molar-refractivity contribution in [2.24, 2.45) is 0 Å². The Morgan fingerprint density at radius 1 is 1.22 bits per heavy atom. The number of ether oxygens (including phenoxy) is 1. The van der Waals surface area contributed by atoms with E-state index in [2.05, 4.69) is 32.5 Å². The molecule has 0 aliphatic heterocycles. The molecular weight excluding hydrogens is 292 g/mol. The van der Waals surface area contributed by atoms with Crippen molar-refractivity contribution in [2.45, 2.75) is 31.8 Å². The topological polar surface area (TPSA) is 76.8 Å². The lowest BCUT2D eigenvalue weighted by molar-refractivity contribution is -0.0778. The molecule has 1 aromatic carbocycles. The van der Waals surface area contributed by atoms with E-state index in [4.69, 9.17) is 9.26 Å². The molecule has 0 saturated heterocycles. The molecule has 23 heavy (non-hydrogen) atoms. The molecule has 0 radical (unpaired) electrons. The molecule has 0 spiro atoms. The third-order valence-corrected chi connectivity index (χ3v) is 4.57. The highest BCUT2D eigenvalue weighted by atomic mass is 16.5. The van der Waals surface area contributed by atoms with Crippen LogP contribution >= 0.6 is 0 Å². The Balaban J connectivity index is 1.60. The van der Waals surface area contributed by atoms with Gasteiger partial charge >= 0.3 is 0 Å². The van der Waals surface area contributed by atoms with Crippen LogP contribution in [0, 0.1) is 6.92 Å². The highest BCUT2D eigenvalue weighted by Gasteiger charge is 2.38. The largest absolute Gasteiger partial charge is 0.374 e. The molecule has 2 heterocycles. The lowest BCUT2D eigenvalue weighted by Crippen LogP contribution is -2.35. The lowest BCUT2D eigenvalue weighted by atomic mass is 9.75. The van der Waals surface area contributed by atoms with Crippen molar-refractivity contribution in [1.29, 1.82) is 0 Å². The smallest absolute Gasteiger partial charge is 0.278 e. The van der Waals surface area contributed by atoms with Gasteiger partial charge in [-0.05, 0) is 37.8 Å². The number of H-pyrrole nitrogens is 1. The van der Waals surface area contributed by atoms with Crippen LogP contribution in [0.15, 0.2) is 34.9 Å². The fraction of sp³-hybridized carbons (Fsp3) is 0.353. The van der Waals surface area contributed by atoms with Crippen molar-refractivity contribution in [3.8, 4) is 23.0 Å². The molecule has 3 aromatic rings. The van der Waals surface area contributed by atoms with Crippen LogP contribution in [-0.2, 0) is 10.3 Å². The van der Waals surface area contributed by atoms with Gasteiger partial charge in [-0.25, -0.2) is 0 Å². The summed E-state index contributed by atoms with van der Waals surface area (Å²) in [5.41, 5.74) is 3.64. The van der Waals surface area contributed by atoms with Crippen LogP contribution in [0.2, 0.25) is 0 Å². The van der Waals surface area contributed by atoms with Crippen molar-refractivity contribution in [3.05, 3.63) is 41.6 Å². The van der Waals surface area contributed by atoms with Gasteiger partial charge in [-0.3, -0.25) is 5.10 Å². The van der Waals surface area contributed by atoms with Crippen LogP contribution in [0.1, 0.15) is 30.5 Å². The number of hydrogen-bond acceptors (Lipinski definition) is 5. The number of rotatable bonds is 4. The zero-order valence-corrected chi connectivity index (χ0v) is 13.2. The zero-order chi connectivity index (χ0) is 15.9. The maximum absolute atomic E-state index is 5.71. The normalized spacial score (nSPS) is 16.3. The zero-order valence-electron chi connectivity index (χ0n) is 13.2. The van der Waals surface area contributed by atoms with Crippen LogP contribution < -0.4 is 0 Å². The summed E-state index contributed by atoms with van der Waals surface area (Å²) < 4.78 is 11.0. The van der Waals surface area contributed by atoms with E-state index in [9.17, 15) is 0 Å². The minimum atomic E-state index is -0.104. The number of aromatic amines is 1. The molecule has 1 aliphatic rings. The Labute approximate surface area is 133 Å². The summed E-state index contributed by atoms with van der Waals surface area (Å²) in [4.78, 5) is 4.42. The molecule has 0 amide bonds. The summed E-state index contributed by atoms with van der Waals surface area (Å²) in [6, 6.07) is 10.1. The predicted octanol–water partition coefficient (Wildman–Crippen LogP) is 3.46. The predicted molar refractivity (Wildman–Crippen MR) is 84.6 cm³/mol. The molecule has 0 unspecified atom stereocenters. The first kappa shape index (κ1) is 14.1. The highest BCUT2D eigenvalue weighted by molar-refractivity contribution is 5.58. The van der Waals surface area contributed by atoms with E-state index in [0.717, 1.165) is 24.1 Å². The summed E-state index contributed by atoms with van der Waals surface area (Å²) in [5.74, 6) is 0.980. The van der Waals surface area contributed by atoms with E-state index in [1.54, 1.807) is 7.11 Å². The minimum Gasteiger partial charge on any atom is -0.374 e. The van der Waals surface area contributed by atoms with Crippen LogP contribution in [0.4, 0.5) is 0 Å². The summed E-state index contributed by atoms with van der Waals surface area (Å²) >= 11 is 0. The number of aromatic nitrogens is 4. The SMILES string of the molecule is COC1(c2ccc(-c3noc(-c4cc(C)[nH]n4)n3)cc2)CCC1. The van der Waals surface area contributed by atoms with Gasteiger partial charge in [0.2, 0.25) is 5.82 Å². The first-order chi connectivity index (χ1) is 11.2. The Morgan fingerprint density at radius 2 is 2.00 bits per heavy atom. The highest BCUT2D eigenvalue weighted by Crippen LogP contribution is 2.44. The number of nitrogens with zero attached hydrogens (tertiary/aromatic N) is 3. The molecule has 118 valence electrons. The van der Waals surface area contributed by atoms with Gasteiger partial charge in [0, 0.05) is 18.4 Å². The molecule has 2 aromatic heterocycles. The standard InChI is InChI=1S/C17H18N4O2/c1-11-10-14(20-19-11)16-18-15(21-23-16)12-4-6-13(7-5-12)17(22-2)8-3-9-17/h4-7,10H,3,8-9H2,1-2H3,(H,19,20). The summed E-state index contributed by atoms with van der Waals surface area (Å²) in [6.07, 6.45) is 3.37. The van der Waals surface area contributed by atoms with Crippen LogP contribution in [-0.4, -0.2) is 27.4 Å². The van der Waals surface area contributed by atoms with Gasteiger partial charge in [0.05, 0.1) is 5.60 Å². The molecule has 0 atom stereocenters. The fourth-order valence-electron chi connectivity index (χ4n) is 3.00. The molecule has 0 bridgehead atoms. The van der Waals surface area contributed by atoms with Crippen LogP contribution in [0.5, 0.6) is 0 Å². The minimum absolute atomic E-state index is 0.104. The van der Waals surface area contributed by atoms with E-state index < -0.39 is 0 Å². The van der Waals surface area contributed by atoms with E-state index in [-0.39, 0.29) is 5.60 Å². The Morgan fingerprint density at radius 3 is 2.57 bits per heavy atom. The first-order valence-electron chi connectivity index (χ1n) is 7.72. The van der Waals surface area contributed by atoms with Crippen molar-refractivity contribution < 1.29 is 9.26 Å². The summed E-state index contributed by atoms with van der Waals surface area (Å²) in [6.45, 7) is 1.93. The molecule has 6 nitrogen and oxygen atoms in total. The number of nitrogens with one attached hydrogen (secondary N) is 1. The van der Waals surface area contributed by atoms with Gasteiger partial charge < -0.3 is 9.26 Å². The van der Waals surface area contributed by atoms with Crippen molar-refractivity contribution in [2.75, 3.05) is 7.11 Å². The third kappa shape index (κ3) is 2.35. The van der Waals surface area contributed by atoms with Crippen molar-refractivity contribution in [1.82, 2.24) is 20.3 Å². The van der Waals surface area contributed by atoms with Gasteiger partial charge in [-0.2, -0.15) is 10.1 Å². The molecular formula is C17H18N4O2. The summed E-state index contributed by atoms with van der Waals surface area (Å²) in [5, 5.41) is 11.0. The molecule has 6 heteroatoms. The average Bonchev–Trinajstić information content (AvgIpc) is 3.16. The number of aryl methyl sites for hydroxylation is 1. The average molecular weight is 310 g/mol. The molecule has 1 aliphatic carbocycles. The monoisotopic (exact) mass is 310 g/mol. The van der Waals surface area contributed by atoms with Gasteiger partial charge in [0.15, 0.2) is 5.69 Å². The van der Waals surface area contributed by atoms with Gasteiger partial charge in [0.25, 0.3) is 5.89 Å². The van der Waals surface area contributed by atoms with E-state index in [1.807, 2.05) is 25.1 Å². The quantitative estimate of drug-likeness (QED) is 0.798. The Hall–Kier alpha value is -2.47. The second kappa shape index (κ2) is 5.31. The molecule has 1 fully saturated rings. The second-order valence-corrected chi connectivity index (χ2v) is 5.99. The maximum Gasteiger partial charge on any atom is 0.278 e. The molecule has 1 saturated carbocycles. The van der Waals surface area contributed by atoms with Crippen molar-refractivity contribution in [3.63, 3.8) is 0 Å². The molecule has 1 N–H and O–H groups in total.